The van der Waals surface area contributed by atoms with Gasteiger partial charge < -0.3 is 4.74 Å². The van der Waals surface area contributed by atoms with E-state index in [1.807, 2.05) is 36.7 Å². The van der Waals surface area contributed by atoms with Gasteiger partial charge >= 0.3 is 0 Å². The molecule has 0 unspecified atom stereocenters. The second kappa shape index (κ2) is 7.53. The van der Waals surface area contributed by atoms with Crippen LogP contribution in [0.3, 0.4) is 0 Å². The first-order valence-electron chi connectivity index (χ1n) is 7.53. The first-order chi connectivity index (χ1) is 10.9. The van der Waals surface area contributed by atoms with Gasteiger partial charge in [-0.1, -0.05) is 60.7 Å². The first kappa shape index (κ1) is 14.5. The summed E-state index contributed by atoms with van der Waals surface area (Å²) in [6.45, 7) is 1.35. The van der Waals surface area contributed by atoms with Gasteiger partial charge in [0, 0.05) is 12.4 Å². The van der Waals surface area contributed by atoms with Crippen LogP contribution in [0.25, 0.3) is 11.1 Å². The van der Waals surface area contributed by atoms with Crippen LogP contribution in [0.15, 0.2) is 79.1 Å². The Morgan fingerprint density at radius 3 is 2.32 bits per heavy atom. The Balaban J connectivity index is 1.61. The first-order valence-corrected chi connectivity index (χ1v) is 7.53. The number of hydrogen-bond acceptors (Lipinski definition) is 2. The molecule has 0 atom stereocenters. The lowest BCUT2D eigenvalue weighted by molar-refractivity contribution is 0.124. The molecule has 0 bridgehead atoms. The van der Waals surface area contributed by atoms with Gasteiger partial charge in [-0.25, -0.2) is 0 Å². The number of aromatic nitrogens is 1. The van der Waals surface area contributed by atoms with Crippen LogP contribution in [0.1, 0.15) is 11.1 Å². The SMILES string of the molecule is c1ccc(COCCc2cnccc2-c2ccccc2)cc1. The predicted molar refractivity (Wildman–Crippen MR) is 89.5 cm³/mol. The minimum Gasteiger partial charge on any atom is -0.376 e. The monoisotopic (exact) mass is 289 g/mol. The highest BCUT2D eigenvalue weighted by Gasteiger charge is 2.04. The smallest absolute Gasteiger partial charge is 0.0717 e. The van der Waals surface area contributed by atoms with Crippen molar-refractivity contribution in [2.24, 2.45) is 0 Å². The van der Waals surface area contributed by atoms with E-state index in [0.29, 0.717) is 13.2 Å². The minimum absolute atomic E-state index is 0.655. The molecule has 0 amide bonds. The Morgan fingerprint density at radius 1 is 0.818 bits per heavy atom. The van der Waals surface area contributed by atoms with Crippen LogP contribution in [0.2, 0.25) is 0 Å². The quantitative estimate of drug-likeness (QED) is 0.623. The van der Waals surface area contributed by atoms with Gasteiger partial charge in [-0.15, -0.1) is 0 Å². The lowest BCUT2D eigenvalue weighted by atomic mass is 10.0. The van der Waals surface area contributed by atoms with Gasteiger partial charge in [-0.3, -0.25) is 4.98 Å². The van der Waals surface area contributed by atoms with Gasteiger partial charge in [0.05, 0.1) is 13.2 Å². The van der Waals surface area contributed by atoms with E-state index in [1.54, 1.807) is 0 Å². The lowest BCUT2D eigenvalue weighted by Crippen LogP contribution is -2.01. The molecule has 2 aromatic carbocycles. The Morgan fingerprint density at radius 2 is 1.55 bits per heavy atom. The van der Waals surface area contributed by atoms with Gasteiger partial charge in [-0.2, -0.15) is 0 Å². The largest absolute Gasteiger partial charge is 0.376 e. The maximum absolute atomic E-state index is 5.79. The van der Waals surface area contributed by atoms with Crippen molar-refractivity contribution in [3.05, 3.63) is 90.3 Å². The molecule has 0 N–H and O–H groups in total. The number of benzene rings is 2. The second-order valence-electron chi connectivity index (χ2n) is 5.19. The van der Waals surface area contributed by atoms with Gasteiger partial charge in [0.15, 0.2) is 0 Å². The minimum atomic E-state index is 0.655. The van der Waals surface area contributed by atoms with Crippen LogP contribution in [0.5, 0.6) is 0 Å². The molecule has 2 heteroatoms. The zero-order valence-corrected chi connectivity index (χ0v) is 12.5. The fourth-order valence-corrected chi connectivity index (χ4v) is 2.47. The molecule has 1 heterocycles. The number of rotatable bonds is 6. The summed E-state index contributed by atoms with van der Waals surface area (Å²) in [6.07, 6.45) is 4.65. The van der Waals surface area contributed by atoms with E-state index >= 15 is 0 Å². The zero-order chi connectivity index (χ0) is 15.0. The number of pyridine rings is 1. The summed E-state index contributed by atoms with van der Waals surface area (Å²) in [5.74, 6) is 0. The standard InChI is InChI=1S/C20H19NO/c1-3-7-17(8-4-1)16-22-14-12-19-15-21-13-11-20(19)18-9-5-2-6-10-18/h1-11,13,15H,12,14,16H2. The van der Waals surface area contributed by atoms with Crippen LogP contribution in [0, 0.1) is 0 Å². The Kier molecular flexibility index (Phi) is 4.96. The molecular weight excluding hydrogens is 270 g/mol. The van der Waals surface area contributed by atoms with E-state index in [0.717, 1.165) is 6.42 Å². The molecule has 0 fully saturated rings. The third kappa shape index (κ3) is 3.80. The van der Waals surface area contributed by atoms with E-state index in [1.165, 1.54) is 22.3 Å². The van der Waals surface area contributed by atoms with E-state index in [2.05, 4.69) is 47.4 Å². The molecule has 0 saturated heterocycles. The Bertz CT molecular complexity index is 695. The lowest BCUT2D eigenvalue weighted by Gasteiger charge is -2.09. The van der Waals surface area contributed by atoms with Crippen LogP contribution in [-0.2, 0) is 17.8 Å². The molecule has 0 saturated carbocycles. The Labute approximate surface area is 131 Å². The Hall–Kier alpha value is -2.45. The summed E-state index contributed by atoms with van der Waals surface area (Å²) in [7, 11) is 0. The highest BCUT2D eigenvalue weighted by atomic mass is 16.5. The molecule has 0 radical (unpaired) electrons. The topological polar surface area (TPSA) is 22.1 Å². The normalized spacial score (nSPS) is 10.5. The average molecular weight is 289 g/mol. The number of nitrogens with zero attached hydrogens (tertiary/aromatic N) is 1. The number of hydrogen-bond donors (Lipinski definition) is 0. The molecule has 1 aromatic heterocycles. The maximum Gasteiger partial charge on any atom is 0.0717 e. The van der Waals surface area contributed by atoms with Crippen LogP contribution in [0.4, 0.5) is 0 Å². The van der Waals surface area contributed by atoms with Crippen molar-refractivity contribution in [1.82, 2.24) is 4.98 Å². The highest BCUT2D eigenvalue weighted by molar-refractivity contribution is 5.66. The molecule has 2 nitrogen and oxygen atoms in total. The molecule has 110 valence electrons. The molecule has 0 aliphatic rings. The summed E-state index contributed by atoms with van der Waals surface area (Å²) >= 11 is 0. The fourth-order valence-electron chi connectivity index (χ4n) is 2.47. The predicted octanol–water partition coefficient (Wildman–Crippen LogP) is 4.51. The fraction of sp³-hybridized carbons (Fsp3) is 0.150. The molecule has 22 heavy (non-hydrogen) atoms. The van der Waals surface area contributed by atoms with Gasteiger partial charge in [0.1, 0.15) is 0 Å². The van der Waals surface area contributed by atoms with Gasteiger partial charge in [0.2, 0.25) is 0 Å². The van der Waals surface area contributed by atoms with Crippen molar-refractivity contribution in [2.45, 2.75) is 13.0 Å². The van der Waals surface area contributed by atoms with Crippen molar-refractivity contribution < 1.29 is 4.74 Å². The van der Waals surface area contributed by atoms with Gasteiger partial charge in [-0.05, 0) is 34.7 Å². The van der Waals surface area contributed by atoms with E-state index in [9.17, 15) is 0 Å². The van der Waals surface area contributed by atoms with E-state index in [-0.39, 0.29) is 0 Å². The van der Waals surface area contributed by atoms with Crippen LogP contribution >= 0.6 is 0 Å². The van der Waals surface area contributed by atoms with Crippen molar-refractivity contribution in [1.29, 1.82) is 0 Å². The molecule has 3 rings (SSSR count). The average Bonchev–Trinajstić information content (AvgIpc) is 2.61. The molecule has 0 aliphatic heterocycles. The van der Waals surface area contributed by atoms with E-state index in [4.69, 9.17) is 4.74 Å². The van der Waals surface area contributed by atoms with E-state index < -0.39 is 0 Å². The summed E-state index contributed by atoms with van der Waals surface area (Å²) in [4.78, 5) is 4.25. The van der Waals surface area contributed by atoms with Crippen LogP contribution < -0.4 is 0 Å². The van der Waals surface area contributed by atoms with Crippen LogP contribution in [-0.4, -0.2) is 11.6 Å². The second-order valence-corrected chi connectivity index (χ2v) is 5.19. The third-order valence-electron chi connectivity index (χ3n) is 3.62. The summed E-state index contributed by atoms with van der Waals surface area (Å²) < 4.78 is 5.79. The molecule has 3 aromatic rings. The summed E-state index contributed by atoms with van der Waals surface area (Å²) in [5.41, 5.74) is 4.89. The molecular formula is C20H19NO. The van der Waals surface area contributed by atoms with Gasteiger partial charge in [0.25, 0.3) is 0 Å². The zero-order valence-electron chi connectivity index (χ0n) is 12.5. The summed E-state index contributed by atoms with van der Waals surface area (Å²) in [5, 5.41) is 0. The number of ether oxygens (including phenoxy) is 1. The summed E-state index contributed by atoms with van der Waals surface area (Å²) in [6, 6.07) is 22.7. The van der Waals surface area contributed by atoms with Crippen molar-refractivity contribution in [3.63, 3.8) is 0 Å². The molecule has 0 aliphatic carbocycles. The highest BCUT2D eigenvalue weighted by Crippen LogP contribution is 2.22. The van der Waals surface area contributed by atoms with Crippen molar-refractivity contribution >= 4 is 0 Å². The van der Waals surface area contributed by atoms with Crippen molar-refractivity contribution in [3.8, 4) is 11.1 Å². The maximum atomic E-state index is 5.79. The van der Waals surface area contributed by atoms with Crippen molar-refractivity contribution in [2.75, 3.05) is 6.61 Å². The third-order valence-corrected chi connectivity index (χ3v) is 3.62. The molecule has 0 spiro atoms.